The topological polar surface area (TPSA) is 79.5 Å². The number of hydrogen-bond donors (Lipinski definition) is 2. The van der Waals surface area contributed by atoms with Crippen molar-refractivity contribution in [3.8, 4) is 0 Å². The number of carbonyl (C=O) groups excluding carboxylic acids is 1. The zero-order chi connectivity index (χ0) is 14.0. The second-order valence-corrected chi connectivity index (χ2v) is 3.99. The van der Waals surface area contributed by atoms with Crippen molar-refractivity contribution in [1.29, 1.82) is 0 Å². The van der Waals surface area contributed by atoms with Crippen molar-refractivity contribution in [2.45, 2.75) is 0 Å². The minimum absolute atomic E-state index is 0.0694. The Balaban J connectivity index is 2.20. The van der Waals surface area contributed by atoms with Gasteiger partial charge in [-0.3, -0.25) is 4.79 Å². The molecule has 0 aliphatic carbocycles. The van der Waals surface area contributed by atoms with Crippen molar-refractivity contribution in [2.75, 3.05) is 5.32 Å². The van der Waals surface area contributed by atoms with Crippen LogP contribution in [0.25, 0.3) is 0 Å². The second-order valence-electron chi connectivity index (χ2n) is 3.58. The van der Waals surface area contributed by atoms with Gasteiger partial charge in [0.15, 0.2) is 5.76 Å². The third kappa shape index (κ3) is 2.92. The van der Waals surface area contributed by atoms with Crippen molar-refractivity contribution in [3.05, 3.63) is 52.7 Å². The van der Waals surface area contributed by atoms with Crippen LogP contribution in [0.2, 0.25) is 5.02 Å². The number of benzene rings is 1. The van der Waals surface area contributed by atoms with Crippen LogP contribution in [0.15, 0.2) is 34.9 Å². The van der Waals surface area contributed by atoms with Crippen LogP contribution in [0.3, 0.4) is 0 Å². The van der Waals surface area contributed by atoms with E-state index in [0.29, 0.717) is 0 Å². The summed E-state index contributed by atoms with van der Waals surface area (Å²) in [6, 6.07) is 4.54. The number of amides is 1. The molecule has 98 valence electrons. The summed E-state index contributed by atoms with van der Waals surface area (Å²) in [5, 5.41) is 11.2. The Morgan fingerprint density at radius 3 is 2.68 bits per heavy atom. The quantitative estimate of drug-likeness (QED) is 0.907. The van der Waals surface area contributed by atoms with Gasteiger partial charge in [-0.25, -0.2) is 9.18 Å². The molecule has 1 heterocycles. The predicted octanol–water partition coefficient (Wildman–Crippen LogP) is 3.02. The van der Waals surface area contributed by atoms with Crippen LogP contribution in [0.5, 0.6) is 0 Å². The first-order chi connectivity index (χ1) is 8.97. The number of hydrogen-bond acceptors (Lipinski definition) is 3. The molecular formula is C12H7ClFNO4. The van der Waals surface area contributed by atoms with E-state index >= 15 is 0 Å². The van der Waals surface area contributed by atoms with Crippen LogP contribution < -0.4 is 5.32 Å². The van der Waals surface area contributed by atoms with Crippen LogP contribution in [0, 0.1) is 5.82 Å². The largest absolute Gasteiger partial charge is 0.478 e. The first-order valence-corrected chi connectivity index (χ1v) is 5.43. The molecular weight excluding hydrogens is 277 g/mol. The van der Waals surface area contributed by atoms with Gasteiger partial charge in [0.05, 0.1) is 16.3 Å². The smallest absolute Gasteiger partial charge is 0.338 e. The maximum absolute atomic E-state index is 13.0. The molecule has 0 bridgehead atoms. The fourth-order valence-corrected chi connectivity index (χ4v) is 1.51. The highest BCUT2D eigenvalue weighted by atomic mass is 35.5. The minimum atomic E-state index is -1.22. The van der Waals surface area contributed by atoms with Crippen LogP contribution >= 0.6 is 11.6 Å². The number of carboxylic acid groups (broad SMARTS) is 1. The van der Waals surface area contributed by atoms with E-state index in [-0.39, 0.29) is 22.0 Å². The lowest BCUT2D eigenvalue weighted by atomic mass is 10.2. The normalized spacial score (nSPS) is 10.2. The molecule has 2 rings (SSSR count). The average molecular weight is 284 g/mol. The molecule has 0 saturated carbocycles. The standard InChI is InChI=1S/C12H7ClFNO4/c13-8-2-1-7(14)4-9(8)15-11(16)10-3-6(5-19-10)12(17)18/h1-5H,(H,15,16)(H,17,18). The van der Waals surface area contributed by atoms with E-state index in [9.17, 15) is 14.0 Å². The molecule has 0 saturated heterocycles. The highest BCUT2D eigenvalue weighted by Gasteiger charge is 2.16. The van der Waals surface area contributed by atoms with Gasteiger partial charge in [0.2, 0.25) is 0 Å². The molecule has 0 fully saturated rings. The second kappa shape index (κ2) is 5.11. The molecule has 19 heavy (non-hydrogen) atoms. The molecule has 5 nitrogen and oxygen atoms in total. The molecule has 0 aliphatic heterocycles. The molecule has 0 spiro atoms. The number of nitrogens with one attached hydrogen (secondary N) is 1. The average Bonchev–Trinajstić information content (AvgIpc) is 2.83. The number of anilines is 1. The molecule has 1 aromatic carbocycles. The lowest BCUT2D eigenvalue weighted by Gasteiger charge is -2.05. The van der Waals surface area contributed by atoms with E-state index in [1.165, 1.54) is 6.07 Å². The third-order valence-corrected chi connectivity index (χ3v) is 2.58. The summed E-state index contributed by atoms with van der Waals surface area (Å²) in [6.07, 6.45) is 0.935. The van der Waals surface area contributed by atoms with Gasteiger partial charge in [-0.05, 0) is 18.2 Å². The fourth-order valence-electron chi connectivity index (χ4n) is 1.34. The van der Waals surface area contributed by atoms with E-state index in [4.69, 9.17) is 21.1 Å². The van der Waals surface area contributed by atoms with Crippen LogP contribution in [-0.4, -0.2) is 17.0 Å². The lowest BCUT2D eigenvalue weighted by Crippen LogP contribution is -2.11. The van der Waals surface area contributed by atoms with Crippen LogP contribution in [0.4, 0.5) is 10.1 Å². The number of carboxylic acids is 1. The maximum Gasteiger partial charge on any atom is 0.338 e. The van der Waals surface area contributed by atoms with Gasteiger partial charge < -0.3 is 14.8 Å². The molecule has 0 unspecified atom stereocenters. The Hall–Kier alpha value is -2.34. The molecule has 0 atom stereocenters. The lowest BCUT2D eigenvalue weighted by molar-refractivity contribution is 0.0696. The summed E-state index contributed by atoms with van der Waals surface area (Å²) in [5.41, 5.74) is -0.0876. The minimum Gasteiger partial charge on any atom is -0.478 e. The summed E-state index contributed by atoms with van der Waals surface area (Å²) >= 11 is 5.78. The van der Waals surface area contributed by atoms with Crippen molar-refractivity contribution >= 4 is 29.2 Å². The van der Waals surface area contributed by atoms with Gasteiger partial charge in [-0.15, -0.1) is 0 Å². The van der Waals surface area contributed by atoms with Gasteiger partial charge in [0.25, 0.3) is 5.91 Å². The molecule has 7 heteroatoms. The van der Waals surface area contributed by atoms with Gasteiger partial charge in [0.1, 0.15) is 12.1 Å². The van der Waals surface area contributed by atoms with Gasteiger partial charge in [0, 0.05) is 6.07 Å². The summed E-state index contributed by atoms with van der Waals surface area (Å²) in [5.74, 6) is -2.71. The molecule has 2 aromatic rings. The van der Waals surface area contributed by atoms with Crippen LogP contribution in [0.1, 0.15) is 20.9 Å². The third-order valence-electron chi connectivity index (χ3n) is 2.25. The van der Waals surface area contributed by atoms with Gasteiger partial charge in [-0.2, -0.15) is 0 Å². The van der Waals surface area contributed by atoms with Gasteiger partial charge >= 0.3 is 5.97 Å². The summed E-state index contributed by atoms with van der Waals surface area (Å²) in [6.45, 7) is 0. The zero-order valence-corrected chi connectivity index (χ0v) is 10.1. The van der Waals surface area contributed by atoms with Gasteiger partial charge in [-0.1, -0.05) is 11.6 Å². The Morgan fingerprint density at radius 1 is 1.32 bits per heavy atom. The van der Waals surface area contributed by atoms with E-state index in [1.807, 2.05) is 0 Å². The number of rotatable bonds is 3. The van der Waals surface area contributed by atoms with Crippen LogP contribution in [-0.2, 0) is 0 Å². The number of halogens is 2. The predicted molar refractivity (Wildman–Crippen MR) is 65.0 cm³/mol. The van der Waals surface area contributed by atoms with E-state index in [2.05, 4.69) is 5.32 Å². The number of furan rings is 1. The Morgan fingerprint density at radius 2 is 2.05 bits per heavy atom. The first kappa shape index (κ1) is 13.1. The molecule has 1 aromatic heterocycles. The molecule has 2 N–H and O–H groups in total. The number of aromatic carboxylic acids is 1. The van der Waals surface area contributed by atoms with E-state index in [0.717, 1.165) is 24.5 Å². The monoisotopic (exact) mass is 283 g/mol. The highest BCUT2D eigenvalue weighted by Crippen LogP contribution is 2.23. The molecule has 1 amide bonds. The summed E-state index contributed by atoms with van der Waals surface area (Å²) in [7, 11) is 0. The highest BCUT2D eigenvalue weighted by molar-refractivity contribution is 6.33. The molecule has 0 radical (unpaired) electrons. The van der Waals surface area contributed by atoms with Crippen molar-refractivity contribution in [2.24, 2.45) is 0 Å². The Kier molecular flexibility index (Phi) is 3.52. The zero-order valence-electron chi connectivity index (χ0n) is 9.31. The number of carbonyl (C=O) groups is 2. The fraction of sp³-hybridized carbons (Fsp3) is 0. The van der Waals surface area contributed by atoms with E-state index in [1.54, 1.807) is 0 Å². The first-order valence-electron chi connectivity index (χ1n) is 5.05. The Bertz CT molecular complexity index is 653. The SMILES string of the molecule is O=C(O)c1coc(C(=O)Nc2cc(F)ccc2Cl)c1. The van der Waals surface area contributed by atoms with Crippen molar-refractivity contribution < 1.29 is 23.5 Å². The van der Waals surface area contributed by atoms with Crippen molar-refractivity contribution in [3.63, 3.8) is 0 Å². The summed E-state index contributed by atoms with van der Waals surface area (Å²) in [4.78, 5) is 22.4. The maximum atomic E-state index is 13.0. The van der Waals surface area contributed by atoms with E-state index < -0.39 is 17.7 Å². The Labute approximate surface area is 111 Å². The molecule has 0 aliphatic rings. The van der Waals surface area contributed by atoms with Crippen molar-refractivity contribution in [1.82, 2.24) is 0 Å². The summed E-state index contributed by atoms with van der Waals surface area (Å²) < 4.78 is 17.8.